The highest BCUT2D eigenvalue weighted by Crippen LogP contribution is 2.12. The second-order valence-electron chi connectivity index (χ2n) is 1.97. The summed E-state index contributed by atoms with van der Waals surface area (Å²) >= 11 is 0. The summed E-state index contributed by atoms with van der Waals surface area (Å²) in [5.41, 5.74) is 0. The molecule has 3 heteroatoms. The largest absolute Gasteiger partial charge is 0.359 e. The molecule has 0 aliphatic heterocycles. The molecular formula is C6H10F2O. The van der Waals surface area contributed by atoms with Gasteiger partial charge in [-0.2, -0.15) is 0 Å². The van der Waals surface area contributed by atoms with Crippen LogP contribution in [0.15, 0.2) is 11.9 Å². The highest BCUT2D eigenvalue weighted by molar-refractivity contribution is 4.97. The summed E-state index contributed by atoms with van der Waals surface area (Å²) in [6, 6.07) is 0. The van der Waals surface area contributed by atoms with E-state index >= 15 is 0 Å². The Kier molecular flexibility index (Phi) is 2.77. The van der Waals surface area contributed by atoms with Crippen LogP contribution in [0.25, 0.3) is 0 Å². The molecule has 0 fully saturated rings. The first kappa shape index (κ1) is 8.56. The zero-order chi connectivity index (χ0) is 7.49. The Morgan fingerprint density at radius 2 is 2.22 bits per heavy atom. The molecule has 1 unspecified atom stereocenters. The topological polar surface area (TPSA) is 20.2 Å². The molecule has 0 aromatic carbocycles. The van der Waals surface area contributed by atoms with Crippen LogP contribution in [0.5, 0.6) is 0 Å². The summed E-state index contributed by atoms with van der Waals surface area (Å²) in [6.07, 6.45) is 0.660. The molecule has 0 saturated heterocycles. The molecule has 1 N–H and O–H groups in total. The van der Waals surface area contributed by atoms with Crippen molar-refractivity contribution in [3.63, 3.8) is 0 Å². The maximum atomic E-state index is 12.1. The molecule has 0 spiro atoms. The third-order valence-electron chi connectivity index (χ3n) is 0.758. The number of allylic oxidation sites excluding steroid dienone is 1. The van der Waals surface area contributed by atoms with Gasteiger partial charge in [-0.1, -0.05) is 6.92 Å². The average Bonchev–Trinajstić information content (AvgIpc) is 1.62. The van der Waals surface area contributed by atoms with E-state index in [1.165, 1.54) is 6.92 Å². The lowest BCUT2D eigenvalue weighted by molar-refractivity contribution is -0.0242. The highest BCUT2D eigenvalue weighted by Gasteiger charge is 2.14. The van der Waals surface area contributed by atoms with Gasteiger partial charge in [0.05, 0.1) is 0 Å². The minimum absolute atomic E-state index is 0.111. The summed E-state index contributed by atoms with van der Waals surface area (Å²) in [6.45, 7) is 2.42. The molecule has 0 radical (unpaired) electrons. The molecule has 54 valence electrons. The van der Waals surface area contributed by atoms with E-state index in [-0.39, 0.29) is 6.42 Å². The first-order valence-corrected chi connectivity index (χ1v) is 2.74. The fourth-order valence-corrected chi connectivity index (χ4v) is 0.388. The van der Waals surface area contributed by atoms with Gasteiger partial charge in [-0.15, -0.1) is 0 Å². The molecule has 0 aliphatic rings. The number of hydrogen-bond donors (Lipinski definition) is 1. The van der Waals surface area contributed by atoms with Gasteiger partial charge in [0, 0.05) is 6.08 Å². The molecule has 0 heterocycles. The van der Waals surface area contributed by atoms with Crippen molar-refractivity contribution in [2.45, 2.75) is 26.1 Å². The van der Waals surface area contributed by atoms with Crippen LogP contribution in [-0.4, -0.2) is 11.0 Å². The zero-order valence-electron chi connectivity index (χ0n) is 5.49. The van der Waals surface area contributed by atoms with E-state index in [2.05, 4.69) is 0 Å². The predicted octanol–water partition coefficient (Wildman–Crippen LogP) is 1.93. The third kappa shape index (κ3) is 5.43. The van der Waals surface area contributed by atoms with Crippen molar-refractivity contribution in [1.29, 1.82) is 0 Å². The minimum Gasteiger partial charge on any atom is -0.359 e. The lowest BCUT2D eigenvalue weighted by Crippen LogP contribution is -2.12. The standard InChI is InChI=1S/C6H10F2O/c1-3-5(7)4-6(2,8)9/h4,9H,3H2,1-2H3/b5-4+. The summed E-state index contributed by atoms with van der Waals surface area (Å²) < 4.78 is 24.2. The molecule has 0 aliphatic carbocycles. The van der Waals surface area contributed by atoms with Crippen LogP contribution in [-0.2, 0) is 0 Å². The van der Waals surface area contributed by atoms with Crippen LogP contribution in [0.2, 0.25) is 0 Å². The van der Waals surface area contributed by atoms with Crippen molar-refractivity contribution in [2.24, 2.45) is 0 Å². The van der Waals surface area contributed by atoms with E-state index in [1.807, 2.05) is 0 Å². The van der Waals surface area contributed by atoms with Gasteiger partial charge in [0.2, 0.25) is 5.85 Å². The van der Waals surface area contributed by atoms with Crippen molar-refractivity contribution in [3.05, 3.63) is 11.9 Å². The molecule has 0 saturated carbocycles. The number of aliphatic hydroxyl groups is 1. The van der Waals surface area contributed by atoms with Crippen LogP contribution in [0.1, 0.15) is 20.3 Å². The molecule has 0 aromatic rings. The Labute approximate surface area is 53.0 Å². The maximum Gasteiger partial charge on any atom is 0.225 e. The maximum absolute atomic E-state index is 12.1. The smallest absolute Gasteiger partial charge is 0.225 e. The molecular weight excluding hydrogens is 126 g/mol. The van der Waals surface area contributed by atoms with Gasteiger partial charge in [0.25, 0.3) is 0 Å². The zero-order valence-corrected chi connectivity index (χ0v) is 5.49. The fourth-order valence-electron chi connectivity index (χ4n) is 0.388. The van der Waals surface area contributed by atoms with Crippen LogP contribution >= 0.6 is 0 Å². The lowest BCUT2D eigenvalue weighted by atomic mass is 10.3. The van der Waals surface area contributed by atoms with Crippen molar-refractivity contribution in [3.8, 4) is 0 Å². The second kappa shape index (κ2) is 2.92. The molecule has 1 nitrogen and oxygen atoms in total. The van der Waals surface area contributed by atoms with E-state index in [4.69, 9.17) is 5.11 Å². The summed E-state index contributed by atoms with van der Waals surface area (Å²) in [5, 5.41) is 8.34. The Balaban J connectivity index is 3.95. The van der Waals surface area contributed by atoms with Crippen LogP contribution < -0.4 is 0 Å². The van der Waals surface area contributed by atoms with E-state index in [9.17, 15) is 8.78 Å². The van der Waals surface area contributed by atoms with Crippen molar-refractivity contribution in [2.75, 3.05) is 0 Å². The monoisotopic (exact) mass is 136 g/mol. The van der Waals surface area contributed by atoms with Gasteiger partial charge in [0.1, 0.15) is 5.83 Å². The highest BCUT2D eigenvalue weighted by atomic mass is 19.2. The van der Waals surface area contributed by atoms with E-state index in [0.29, 0.717) is 6.08 Å². The quantitative estimate of drug-likeness (QED) is 0.615. The Morgan fingerprint density at radius 3 is 2.33 bits per heavy atom. The van der Waals surface area contributed by atoms with Gasteiger partial charge in [0.15, 0.2) is 0 Å². The Morgan fingerprint density at radius 1 is 1.78 bits per heavy atom. The van der Waals surface area contributed by atoms with Crippen molar-refractivity contribution >= 4 is 0 Å². The molecule has 0 aromatic heterocycles. The van der Waals surface area contributed by atoms with Crippen LogP contribution in [0, 0.1) is 0 Å². The first-order valence-electron chi connectivity index (χ1n) is 2.74. The van der Waals surface area contributed by atoms with Crippen molar-refractivity contribution in [1.82, 2.24) is 0 Å². The normalized spacial score (nSPS) is 19.4. The molecule has 0 amide bonds. The minimum atomic E-state index is -2.51. The summed E-state index contributed by atoms with van der Waals surface area (Å²) in [5.74, 6) is -3.15. The average molecular weight is 136 g/mol. The van der Waals surface area contributed by atoms with Gasteiger partial charge < -0.3 is 5.11 Å². The van der Waals surface area contributed by atoms with Crippen molar-refractivity contribution < 1.29 is 13.9 Å². The Hall–Kier alpha value is -0.440. The Bertz CT molecular complexity index is 113. The number of halogens is 2. The van der Waals surface area contributed by atoms with Crippen LogP contribution in [0.4, 0.5) is 8.78 Å². The van der Waals surface area contributed by atoms with Gasteiger partial charge in [-0.25, -0.2) is 8.78 Å². The molecule has 9 heavy (non-hydrogen) atoms. The molecule has 1 atom stereocenters. The summed E-state index contributed by atoms with van der Waals surface area (Å²) in [7, 11) is 0. The van der Waals surface area contributed by atoms with E-state index in [0.717, 1.165) is 6.92 Å². The SMILES string of the molecule is CC/C(F)=C\C(C)(O)F. The number of alkyl halides is 1. The third-order valence-corrected chi connectivity index (χ3v) is 0.758. The van der Waals surface area contributed by atoms with Crippen LogP contribution in [0.3, 0.4) is 0 Å². The van der Waals surface area contributed by atoms with E-state index < -0.39 is 11.7 Å². The van der Waals surface area contributed by atoms with Gasteiger partial charge >= 0.3 is 0 Å². The van der Waals surface area contributed by atoms with Gasteiger partial charge in [-0.3, -0.25) is 0 Å². The van der Waals surface area contributed by atoms with E-state index in [1.54, 1.807) is 0 Å². The molecule has 0 bridgehead atoms. The second-order valence-corrected chi connectivity index (χ2v) is 1.97. The van der Waals surface area contributed by atoms with Gasteiger partial charge in [-0.05, 0) is 13.3 Å². The summed E-state index contributed by atoms with van der Waals surface area (Å²) in [4.78, 5) is 0. The number of hydrogen-bond acceptors (Lipinski definition) is 1. The predicted molar refractivity (Wildman–Crippen MR) is 31.2 cm³/mol. The lowest BCUT2D eigenvalue weighted by Gasteiger charge is -2.05. The molecule has 0 rings (SSSR count). The number of rotatable bonds is 2. The first-order chi connectivity index (χ1) is 3.95. The fraction of sp³-hybridized carbons (Fsp3) is 0.667.